The minimum atomic E-state index is 0.0630. The fourth-order valence-electron chi connectivity index (χ4n) is 2.04. The highest BCUT2D eigenvalue weighted by atomic mass is 16.7. The standard InChI is InChI=1S/C12H19N3O/c1-2-10(13)12(15-8-5-9-16-15)11-6-3-4-7-14-11/h3-4,6-7,10,12H,2,5,8-9,13H2,1H3. The molecule has 0 saturated carbocycles. The molecule has 1 saturated heterocycles. The fraction of sp³-hybridized carbons (Fsp3) is 0.583. The smallest absolute Gasteiger partial charge is 0.0924 e. The van der Waals surface area contributed by atoms with Crippen molar-refractivity contribution in [3.63, 3.8) is 0 Å². The van der Waals surface area contributed by atoms with Gasteiger partial charge in [0.15, 0.2) is 0 Å². The first-order valence-electron chi connectivity index (χ1n) is 5.89. The van der Waals surface area contributed by atoms with E-state index in [2.05, 4.69) is 11.9 Å². The molecule has 0 aromatic carbocycles. The Morgan fingerprint density at radius 1 is 1.56 bits per heavy atom. The summed E-state index contributed by atoms with van der Waals surface area (Å²) in [6.45, 7) is 3.82. The van der Waals surface area contributed by atoms with Crippen LogP contribution >= 0.6 is 0 Å². The summed E-state index contributed by atoms with van der Waals surface area (Å²) in [4.78, 5) is 10.00. The zero-order chi connectivity index (χ0) is 11.4. The van der Waals surface area contributed by atoms with Crippen LogP contribution in [0.1, 0.15) is 31.5 Å². The van der Waals surface area contributed by atoms with Crippen molar-refractivity contribution in [3.8, 4) is 0 Å². The van der Waals surface area contributed by atoms with E-state index in [1.54, 1.807) is 6.20 Å². The van der Waals surface area contributed by atoms with E-state index in [9.17, 15) is 0 Å². The van der Waals surface area contributed by atoms with Crippen LogP contribution < -0.4 is 5.73 Å². The first kappa shape index (κ1) is 11.5. The molecule has 1 aromatic rings. The number of hydrogen-bond donors (Lipinski definition) is 1. The predicted molar refractivity (Wildman–Crippen MR) is 62.5 cm³/mol. The van der Waals surface area contributed by atoms with E-state index in [-0.39, 0.29) is 12.1 Å². The topological polar surface area (TPSA) is 51.4 Å². The summed E-state index contributed by atoms with van der Waals surface area (Å²) in [6, 6.07) is 6.07. The fourth-order valence-corrected chi connectivity index (χ4v) is 2.04. The van der Waals surface area contributed by atoms with Gasteiger partial charge in [0.1, 0.15) is 0 Å². The Bertz CT molecular complexity index is 311. The molecule has 2 unspecified atom stereocenters. The molecule has 0 amide bonds. The summed E-state index contributed by atoms with van der Waals surface area (Å²) in [5.41, 5.74) is 7.17. The molecule has 88 valence electrons. The van der Waals surface area contributed by atoms with Gasteiger partial charge in [0.25, 0.3) is 0 Å². The van der Waals surface area contributed by atoms with E-state index in [4.69, 9.17) is 10.6 Å². The van der Waals surface area contributed by atoms with Gasteiger partial charge in [0.05, 0.1) is 18.3 Å². The van der Waals surface area contributed by atoms with E-state index in [0.29, 0.717) is 0 Å². The maximum atomic E-state index is 6.17. The van der Waals surface area contributed by atoms with E-state index < -0.39 is 0 Å². The maximum absolute atomic E-state index is 6.17. The van der Waals surface area contributed by atoms with Gasteiger partial charge < -0.3 is 5.73 Å². The third-order valence-electron chi connectivity index (χ3n) is 2.96. The van der Waals surface area contributed by atoms with Gasteiger partial charge in [-0.15, -0.1) is 0 Å². The van der Waals surface area contributed by atoms with Crippen molar-refractivity contribution < 1.29 is 4.84 Å². The molecule has 1 aromatic heterocycles. The molecule has 1 aliphatic rings. The van der Waals surface area contributed by atoms with Crippen molar-refractivity contribution in [2.24, 2.45) is 5.73 Å². The Hall–Kier alpha value is -0.970. The number of rotatable bonds is 4. The summed E-state index contributed by atoms with van der Waals surface area (Å²) in [5.74, 6) is 0. The Labute approximate surface area is 96.4 Å². The lowest BCUT2D eigenvalue weighted by atomic mass is 10.0. The van der Waals surface area contributed by atoms with Gasteiger partial charge >= 0.3 is 0 Å². The quantitative estimate of drug-likeness (QED) is 0.837. The van der Waals surface area contributed by atoms with Gasteiger partial charge in [0, 0.05) is 18.8 Å². The predicted octanol–water partition coefficient (Wildman–Crippen LogP) is 1.50. The van der Waals surface area contributed by atoms with Gasteiger partial charge in [0.2, 0.25) is 0 Å². The second kappa shape index (κ2) is 5.39. The highest BCUT2D eigenvalue weighted by Gasteiger charge is 2.29. The van der Waals surface area contributed by atoms with Crippen LogP contribution in [0.2, 0.25) is 0 Å². The molecule has 0 spiro atoms. The minimum absolute atomic E-state index is 0.0630. The first-order valence-corrected chi connectivity index (χ1v) is 5.89. The van der Waals surface area contributed by atoms with E-state index >= 15 is 0 Å². The highest BCUT2D eigenvalue weighted by Crippen LogP contribution is 2.26. The van der Waals surface area contributed by atoms with Gasteiger partial charge in [-0.3, -0.25) is 9.82 Å². The van der Waals surface area contributed by atoms with Crippen LogP contribution in [0.5, 0.6) is 0 Å². The van der Waals surface area contributed by atoms with Crippen LogP contribution in [0.4, 0.5) is 0 Å². The number of hydroxylamine groups is 2. The lowest BCUT2D eigenvalue weighted by Crippen LogP contribution is -2.39. The molecule has 2 N–H and O–H groups in total. The number of pyridine rings is 1. The molecule has 1 aliphatic heterocycles. The summed E-state index contributed by atoms with van der Waals surface area (Å²) in [7, 11) is 0. The second-order valence-electron chi connectivity index (χ2n) is 4.10. The largest absolute Gasteiger partial charge is 0.326 e. The van der Waals surface area contributed by atoms with Crippen LogP contribution in [0.15, 0.2) is 24.4 Å². The Morgan fingerprint density at radius 2 is 2.44 bits per heavy atom. The number of nitrogens with two attached hydrogens (primary N) is 1. The molecule has 0 radical (unpaired) electrons. The van der Waals surface area contributed by atoms with E-state index in [1.165, 1.54) is 0 Å². The van der Waals surface area contributed by atoms with Crippen molar-refractivity contribution in [1.29, 1.82) is 0 Å². The Kier molecular flexibility index (Phi) is 3.88. The Morgan fingerprint density at radius 3 is 3.00 bits per heavy atom. The van der Waals surface area contributed by atoms with E-state index in [1.807, 2.05) is 23.3 Å². The Balaban J connectivity index is 2.20. The zero-order valence-electron chi connectivity index (χ0n) is 9.67. The van der Waals surface area contributed by atoms with Crippen molar-refractivity contribution in [3.05, 3.63) is 30.1 Å². The highest BCUT2D eigenvalue weighted by molar-refractivity contribution is 5.11. The third-order valence-corrected chi connectivity index (χ3v) is 2.96. The molecule has 16 heavy (non-hydrogen) atoms. The van der Waals surface area contributed by atoms with Gasteiger partial charge in [-0.25, -0.2) is 0 Å². The summed E-state index contributed by atoms with van der Waals surface area (Å²) >= 11 is 0. The van der Waals surface area contributed by atoms with Crippen LogP contribution in [-0.2, 0) is 4.84 Å². The number of nitrogens with zero attached hydrogens (tertiary/aromatic N) is 2. The second-order valence-corrected chi connectivity index (χ2v) is 4.10. The van der Waals surface area contributed by atoms with Crippen LogP contribution in [0, 0.1) is 0 Å². The van der Waals surface area contributed by atoms with Crippen LogP contribution in [0.25, 0.3) is 0 Å². The molecule has 4 heteroatoms. The average molecular weight is 221 g/mol. The SMILES string of the molecule is CCC(N)C(c1ccccn1)N1CCCO1. The maximum Gasteiger partial charge on any atom is 0.0924 e. The van der Waals surface area contributed by atoms with E-state index in [0.717, 1.165) is 31.7 Å². The lowest BCUT2D eigenvalue weighted by molar-refractivity contribution is -0.149. The summed E-state index contributed by atoms with van der Waals surface area (Å²) < 4.78 is 0. The number of aromatic nitrogens is 1. The molecule has 1 fully saturated rings. The third kappa shape index (κ3) is 2.40. The molecule has 2 rings (SSSR count). The van der Waals surface area contributed by atoms with Crippen LogP contribution in [-0.4, -0.2) is 29.2 Å². The molecular weight excluding hydrogens is 202 g/mol. The average Bonchev–Trinajstić information content (AvgIpc) is 2.84. The zero-order valence-corrected chi connectivity index (χ0v) is 9.67. The molecule has 2 atom stereocenters. The van der Waals surface area contributed by atoms with Gasteiger partial charge in [-0.05, 0) is 25.0 Å². The van der Waals surface area contributed by atoms with Crippen molar-refractivity contribution >= 4 is 0 Å². The minimum Gasteiger partial charge on any atom is -0.326 e. The van der Waals surface area contributed by atoms with Gasteiger partial charge in [-0.2, -0.15) is 5.06 Å². The lowest BCUT2D eigenvalue weighted by Gasteiger charge is -2.29. The molecule has 0 aliphatic carbocycles. The molecule has 0 bridgehead atoms. The van der Waals surface area contributed by atoms with Crippen molar-refractivity contribution in [1.82, 2.24) is 10.0 Å². The summed E-state index contributed by atoms with van der Waals surface area (Å²) in [6.07, 6.45) is 3.79. The van der Waals surface area contributed by atoms with Crippen molar-refractivity contribution in [2.75, 3.05) is 13.2 Å². The summed E-state index contributed by atoms with van der Waals surface area (Å²) in [5, 5.41) is 1.98. The van der Waals surface area contributed by atoms with Crippen LogP contribution in [0.3, 0.4) is 0 Å². The first-order chi connectivity index (χ1) is 7.83. The molecular formula is C12H19N3O. The monoisotopic (exact) mass is 221 g/mol. The van der Waals surface area contributed by atoms with Gasteiger partial charge in [-0.1, -0.05) is 13.0 Å². The molecule has 2 heterocycles. The molecule has 4 nitrogen and oxygen atoms in total. The normalized spacial score (nSPS) is 20.9. The van der Waals surface area contributed by atoms with Crippen molar-refractivity contribution in [2.45, 2.75) is 31.8 Å². The number of hydrogen-bond acceptors (Lipinski definition) is 4.